The highest BCUT2D eigenvalue weighted by atomic mass is 32.2. The van der Waals surface area contributed by atoms with Crippen molar-refractivity contribution in [2.45, 2.75) is 52.2 Å². The van der Waals surface area contributed by atoms with E-state index in [0.717, 1.165) is 12.8 Å². The molecule has 16 heavy (non-hydrogen) atoms. The summed E-state index contributed by atoms with van der Waals surface area (Å²) < 4.78 is 0. The van der Waals surface area contributed by atoms with E-state index >= 15 is 0 Å². The number of aryl methyl sites for hydroxylation is 2. The van der Waals surface area contributed by atoms with E-state index in [2.05, 4.69) is 50.7 Å². The van der Waals surface area contributed by atoms with Gasteiger partial charge in [-0.05, 0) is 41.7 Å². The molecular formula is C15H24S. The molecule has 0 radical (unpaired) electrons. The van der Waals surface area contributed by atoms with E-state index in [0.29, 0.717) is 0 Å². The monoisotopic (exact) mass is 236 g/mol. The molecule has 0 heterocycles. The summed E-state index contributed by atoms with van der Waals surface area (Å²) in [4.78, 5) is 0. The molecule has 1 rings (SSSR count). The average Bonchev–Trinajstić information content (AvgIpc) is 2.34. The molecule has 0 nitrogen and oxygen atoms in total. The third-order valence-electron chi connectivity index (χ3n) is 3.02. The Morgan fingerprint density at radius 3 is 2.12 bits per heavy atom. The SMILES string of the molecule is CCCCSCc1c(CC)cccc1CC. The highest BCUT2D eigenvalue weighted by molar-refractivity contribution is 7.98. The van der Waals surface area contributed by atoms with Crippen LogP contribution in [0.15, 0.2) is 18.2 Å². The Balaban J connectivity index is 2.67. The Hall–Kier alpha value is -0.430. The molecule has 1 aromatic rings. The maximum Gasteiger partial charge on any atom is 0.0190 e. The lowest BCUT2D eigenvalue weighted by Gasteiger charge is -2.12. The standard InChI is InChI=1S/C15H24S/c1-4-7-11-16-12-15-13(5-2)9-8-10-14(15)6-3/h8-10H,4-7,11-12H2,1-3H3. The summed E-state index contributed by atoms with van der Waals surface area (Å²) >= 11 is 2.09. The molecule has 0 amide bonds. The summed E-state index contributed by atoms with van der Waals surface area (Å²) in [6, 6.07) is 6.78. The van der Waals surface area contributed by atoms with Gasteiger partial charge in [-0.25, -0.2) is 0 Å². The van der Waals surface area contributed by atoms with Crippen molar-refractivity contribution in [3.63, 3.8) is 0 Å². The molecule has 0 fully saturated rings. The van der Waals surface area contributed by atoms with Crippen LogP contribution >= 0.6 is 11.8 Å². The van der Waals surface area contributed by atoms with Crippen LogP contribution in [0.4, 0.5) is 0 Å². The van der Waals surface area contributed by atoms with Gasteiger partial charge in [-0.3, -0.25) is 0 Å². The molecule has 0 aromatic heterocycles. The number of hydrogen-bond donors (Lipinski definition) is 0. The first-order valence-corrected chi connectivity index (χ1v) is 7.66. The molecule has 1 aromatic carbocycles. The maximum atomic E-state index is 2.29. The third-order valence-corrected chi connectivity index (χ3v) is 4.09. The minimum atomic E-state index is 1.16. The Bertz CT molecular complexity index is 282. The zero-order valence-corrected chi connectivity index (χ0v) is 11.7. The lowest BCUT2D eigenvalue weighted by atomic mass is 9.99. The summed E-state index contributed by atoms with van der Waals surface area (Å²) in [5.74, 6) is 2.50. The topological polar surface area (TPSA) is 0 Å². The van der Waals surface area contributed by atoms with Gasteiger partial charge >= 0.3 is 0 Å². The molecule has 0 unspecified atom stereocenters. The molecule has 0 aliphatic rings. The lowest BCUT2D eigenvalue weighted by Crippen LogP contribution is -1.97. The van der Waals surface area contributed by atoms with Crippen LogP contribution in [0.3, 0.4) is 0 Å². The molecule has 0 bridgehead atoms. The van der Waals surface area contributed by atoms with Gasteiger partial charge in [0.25, 0.3) is 0 Å². The van der Waals surface area contributed by atoms with E-state index < -0.39 is 0 Å². The summed E-state index contributed by atoms with van der Waals surface area (Å²) in [5, 5.41) is 0. The number of rotatable bonds is 7. The van der Waals surface area contributed by atoms with Gasteiger partial charge in [-0.15, -0.1) is 0 Å². The fraction of sp³-hybridized carbons (Fsp3) is 0.600. The van der Waals surface area contributed by atoms with Crippen LogP contribution in [0.1, 0.15) is 50.3 Å². The molecule has 0 saturated carbocycles. The van der Waals surface area contributed by atoms with Crippen molar-refractivity contribution in [3.05, 3.63) is 34.9 Å². The van der Waals surface area contributed by atoms with Crippen LogP contribution < -0.4 is 0 Å². The molecule has 1 heteroatoms. The van der Waals surface area contributed by atoms with Crippen LogP contribution in [-0.4, -0.2) is 5.75 Å². The first-order valence-electron chi connectivity index (χ1n) is 6.50. The van der Waals surface area contributed by atoms with Gasteiger partial charge in [-0.1, -0.05) is 45.4 Å². The van der Waals surface area contributed by atoms with E-state index in [1.54, 1.807) is 16.7 Å². The van der Waals surface area contributed by atoms with Crippen molar-refractivity contribution in [2.75, 3.05) is 5.75 Å². The third kappa shape index (κ3) is 3.86. The summed E-state index contributed by atoms with van der Waals surface area (Å²) in [5.41, 5.74) is 4.69. The van der Waals surface area contributed by atoms with Crippen molar-refractivity contribution in [1.29, 1.82) is 0 Å². The maximum absolute atomic E-state index is 2.29. The van der Waals surface area contributed by atoms with Crippen LogP contribution in [-0.2, 0) is 18.6 Å². The van der Waals surface area contributed by atoms with Crippen molar-refractivity contribution in [2.24, 2.45) is 0 Å². The predicted octanol–water partition coefficient (Wildman–Crippen LogP) is 4.84. The minimum absolute atomic E-state index is 1.16. The highest BCUT2D eigenvalue weighted by Gasteiger charge is 2.05. The number of benzene rings is 1. The first-order chi connectivity index (χ1) is 7.83. The summed E-state index contributed by atoms with van der Waals surface area (Å²) in [6.45, 7) is 6.78. The van der Waals surface area contributed by atoms with E-state index in [4.69, 9.17) is 0 Å². The fourth-order valence-corrected chi connectivity index (χ4v) is 3.17. The predicted molar refractivity (Wildman–Crippen MR) is 76.3 cm³/mol. The van der Waals surface area contributed by atoms with Gasteiger partial charge < -0.3 is 0 Å². The summed E-state index contributed by atoms with van der Waals surface area (Å²) in [7, 11) is 0. The molecule has 0 aliphatic carbocycles. The molecular weight excluding hydrogens is 212 g/mol. The number of thioether (sulfide) groups is 1. The molecule has 0 N–H and O–H groups in total. The van der Waals surface area contributed by atoms with E-state index in [-0.39, 0.29) is 0 Å². The zero-order chi connectivity index (χ0) is 11.8. The Morgan fingerprint density at radius 2 is 1.62 bits per heavy atom. The number of unbranched alkanes of at least 4 members (excludes halogenated alkanes) is 1. The normalized spacial score (nSPS) is 10.7. The Labute approximate surface area is 105 Å². The first kappa shape index (κ1) is 13.6. The van der Waals surface area contributed by atoms with Gasteiger partial charge in [0.1, 0.15) is 0 Å². The van der Waals surface area contributed by atoms with E-state index in [9.17, 15) is 0 Å². The highest BCUT2D eigenvalue weighted by Crippen LogP contribution is 2.22. The van der Waals surface area contributed by atoms with Crippen molar-refractivity contribution >= 4 is 11.8 Å². The molecule has 90 valence electrons. The largest absolute Gasteiger partial charge is 0.157 e. The fourth-order valence-electron chi connectivity index (χ4n) is 1.96. The van der Waals surface area contributed by atoms with Crippen LogP contribution in [0.5, 0.6) is 0 Å². The van der Waals surface area contributed by atoms with Gasteiger partial charge in [0.2, 0.25) is 0 Å². The Kier molecular flexibility index (Phi) is 6.63. The zero-order valence-electron chi connectivity index (χ0n) is 10.9. The van der Waals surface area contributed by atoms with Crippen molar-refractivity contribution < 1.29 is 0 Å². The van der Waals surface area contributed by atoms with Crippen LogP contribution in [0.25, 0.3) is 0 Å². The van der Waals surface area contributed by atoms with Gasteiger partial charge in [0.05, 0.1) is 0 Å². The van der Waals surface area contributed by atoms with Gasteiger partial charge in [-0.2, -0.15) is 11.8 Å². The second-order valence-electron chi connectivity index (χ2n) is 4.17. The second-order valence-corrected chi connectivity index (χ2v) is 5.27. The minimum Gasteiger partial charge on any atom is -0.157 e. The van der Waals surface area contributed by atoms with E-state index in [1.165, 1.54) is 24.3 Å². The van der Waals surface area contributed by atoms with Gasteiger partial charge in [0.15, 0.2) is 0 Å². The van der Waals surface area contributed by atoms with Crippen molar-refractivity contribution in [1.82, 2.24) is 0 Å². The van der Waals surface area contributed by atoms with Gasteiger partial charge in [0, 0.05) is 5.75 Å². The second kappa shape index (κ2) is 7.78. The number of hydrogen-bond acceptors (Lipinski definition) is 1. The van der Waals surface area contributed by atoms with Crippen molar-refractivity contribution in [3.8, 4) is 0 Å². The van der Waals surface area contributed by atoms with Crippen LogP contribution in [0, 0.1) is 0 Å². The average molecular weight is 236 g/mol. The molecule has 0 atom stereocenters. The van der Waals surface area contributed by atoms with Crippen LogP contribution in [0.2, 0.25) is 0 Å². The summed E-state index contributed by atoms with van der Waals surface area (Å²) in [6.07, 6.45) is 4.98. The Morgan fingerprint density at radius 1 is 1.00 bits per heavy atom. The molecule has 0 saturated heterocycles. The van der Waals surface area contributed by atoms with E-state index in [1.807, 2.05) is 0 Å². The quantitative estimate of drug-likeness (QED) is 0.610. The molecule has 0 spiro atoms. The lowest BCUT2D eigenvalue weighted by molar-refractivity contribution is 0.895. The molecule has 0 aliphatic heterocycles. The smallest absolute Gasteiger partial charge is 0.0190 e.